The highest BCUT2D eigenvalue weighted by Gasteiger charge is 2.42. The minimum atomic E-state index is -3.79. The number of thiophene rings is 1. The van der Waals surface area contributed by atoms with E-state index in [0.29, 0.717) is 12.0 Å². The molecule has 0 fully saturated rings. The number of hydrogen-bond acceptors (Lipinski definition) is 4. The van der Waals surface area contributed by atoms with Crippen LogP contribution in [0.2, 0.25) is 0 Å². The fourth-order valence-corrected chi connectivity index (χ4v) is 4.79. The summed E-state index contributed by atoms with van der Waals surface area (Å²) in [5, 5.41) is 11.2. The van der Waals surface area contributed by atoms with Crippen molar-refractivity contribution in [2.75, 3.05) is 13.6 Å². The van der Waals surface area contributed by atoms with E-state index in [1.807, 2.05) is 5.38 Å². The van der Waals surface area contributed by atoms with E-state index in [0.717, 1.165) is 9.18 Å². The van der Waals surface area contributed by atoms with Crippen LogP contribution in [0.25, 0.3) is 0 Å². The van der Waals surface area contributed by atoms with Crippen molar-refractivity contribution in [3.63, 3.8) is 0 Å². The topological polar surface area (TPSA) is 77.9 Å². The van der Waals surface area contributed by atoms with Crippen molar-refractivity contribution in [1.29, 1.82) is 0 Å². The molecule has 1 aliphatic heterocycles. The second-order valence-electron chi connectivity index (χ2n) is 5.02. The van der Waals surface area contributed by atoms with Gasteiger partial charge in [-0.25, -0.2) is 0 Å². The SMILES string of the molecule is CC(C)N(C)S(=O)(=O)N1CCc2sccc2C1C(=O)O. The molecule has 0 bridgehead atoms. The van der Waals surface area contributed by atoms with Gasteiger partial charge in [0.05, 0.1) is 0 Å². The summed E-state index contributed by atoms with van der Waals surface area (Å²) in [5.74, 6) is -1.13. The average Bonchev–Trinajstić information content (AvgIpc) is 2.83. The first kappa shape index (κ1) is 15.4. The summed E-state index contributed by atoms with van der Waals surface area (Å²) in [4.78, 5) is 12.5. The molecule has 2 rings (SSSR count). The van der Waals surface area contributed by atoms with Gasteiger partial charge in [-0.15, -0.1) is 11.3 Å². The highest BCUT2D eigenvalue weighted by molar-refractivity contribution is 7.86. The molecule has 1 atom stereocenters. The summed E-state index contributed by atoms with van der Waals surface area (Å²) in [6, 6.07) is 0.352. The molecule has 2 heterocycles. The number of carboxylic acid groups (broad SMARTS) is 1. The maximum absolute atomic E-state index is 12.6. The van der Waals surface area contributed by atoms with E-state index in [2.05, 4.69) is 0 Å². The maximum Gasteiger partial charge on any atom is 0.326 e. The van der Waals surface area contributed by atoms with Crippen LogP contribution < -0.4 is 0 Å². The lowest BCUT2D eigenvalue weighted by Crippen LogP contribution is -2.50. The lowest BCUT2D eigenvalue weighted by molar-refractivity contribution is -0.142. The van der Waals surface area contributed by atoms with Crippen LogP contribution in [0.3, 0.4) is 0 Å². The number of carboxylic acids is 1. The van der Waals surface area contributed by atoms with Gasteiger partial charge in [0, 0.05) is 24.5 Å². The molecular weight excluding hydrogens is 300 g/mol. The van der Waals surface area contributed by atoms with Gasteiger partial charge in [0.2, 0.25) is 0 Å². The molecule has 112 valence electrons. The molecule has 0 spiro atoms. The first-order valence-corrected chi connectivity index (χ1v) is 8.58. The van der Waals surface area contributed by atoms with Crippen molar-refractivity contribution in [2.24, 2.45) is 0 Å². The van der Waals surface area contributed by atoms with Crippen molar-refractivity contribution in [2.45, 2.75) is 32.4 Å². The predicted octanol–water partition coefficient (Wildman–Crippen LogP) is 1.32. The van der Waals surface area contributed by atoms with Crippen LogP contribution in [0.1, 0.15) is 30.3 Å². The Hall–Kier alpha value is -0.960. The first-order valence-electron chi connectivity index (χ1n) is 6.30. The van der Waals surface area contributed by atoms with E-state index in [1.165, 1.54) is 22.7 Å². The van der Waals surface area contributed by atoms with Gasteiger partial charge in [-0.2, -0.15) is 17.0 Å². The number of rotatable bonds is 4. The molecule has 0 aliphatic carbocycles. The summed E-state index contributed by atoms with van der Waals surface area (Å²) >= 11 is 1.48. The average molecular weight is 318 g/mol. The van der Waals surface area contributed by atoms with Crippen molar-refractivity contribution in [3.8, 4) is 0 Å². The Bertz CT molecular complexity index is 609. The summed E-state index contributed by atoms with van der Waals surface area (Å²) in [7, 11) is -2.31. The van der Waals surface area contributed by atoms with Crippen LogP contribution in [0.4, 0.5) is 0 Å². The van der Waals surface area contributed by atoms with E-state index in [-0.39, 0.29) is 12.6 Å². The fourth-order valence-electron chi connectivity index (χ4n) is 2.23. The van der Waals surface area contributed by atoms with E-state index < -0.39 is 22.2 Å². The van der Waals surface area contributed by atoms with Crippen LogP contribution in [0.15, 0.2) is 11.4 Å². The zero-order valence-corrected chi connectivity index (χ0v) is 13.2. The Balaban J connectivity index is 2.45. The van der Waals surface area contributed by atoms with Gasteiger partial charge in [0.1, 0.15) is 6.04 Å². The second-order valence-corrected chi connectivity index (χ2v) is 7.96. The molecular formula is C12H18N2O4S2. The number of aliphatic carboxylic acids is 1. The molecule has 6 nitrogen and oxygen atoms in total. The van der Waals surface area contributed by atoms with Gasteiger partial charge in [-0.05, 0) is 37.3 Å². The van der Waals surface area contributed by atoms with Gasteiger partial charge in [0.25, 0.3) is 10.2 Å². The summed E-state index contributed by atoms with van der Waals surface area (Å²) in [5.41, 5.74) is 0.592. The monoisotopic (exact) mass is 318 g/mol. The highest BCUT2D eigenvalue weighted by atomic mass is 32.2. The second kappa shape index (κ2) is 5.44. The van der Waals surface area contributed by atoms with Crippen molar-refractivity contribution < 1.29 is 18.3 Å². The number of hydrogen-bond donors (Lipinski definition) is 1. The molecule has 0 saturated carbocycles. The minimum absolute atomic E-state index is 0.198. The van der Waals surface area contributed by atoms with E-state index in [1.54, 1.807) is 19.9 Å². The lowest BCUT2D eigenvalue weighted by Gasteiger charge is -2.35. The Morgan fingerprint density at radius 1 is 1.55 bits per heavy atom. The lowest BCUT2D eigenvalue weighted by atomic mass is 10.0. The van der Waals surface area contributed by atoms with Gasteiger partial charge in [-0.3, -0.25) is 4.79 Å². The van der Waals surface area contributed by atoms with Crippen molar-refractivity contribution in [3.05, 3.63) is 21.9 Å². The smallest absolute Gasteiger partial charge is 0.326 e. The minimum Gasteiger partial charge on any atom is -0.480 e. The zero-order chi connectivity index (χ0) is 15.1. The molecule has 1 aromatic heterocycles. The third-order valence-corrected chi connectivity index (χ3v) is 6.68. The Kier molecular flexibility index (Phi) is 4.19. The normalized spacial score (nSPS) is 20.4. The van der Waals surface area contributed by atoms with Crippen molar-refractivity contribution in [1.82, 2.24) is 8.61 Å². The summed E-state index contributed by atoms with van der Waals surface area (Å²) in [6.45, 7) is 3.71. The molecule has 0 amide bonds. The summed E-state index contributed by atoms with van der Waals surface area (Å²) < 4.78 is 27.4. The molecule has 1 N–H and O–H groups in total. The van der Waals surface area contributed by atoms with Crippen LogP contribution >= 0.6 is 11.3 Å². The standard InChI is InChI=1S/C12H18N2O4S2/c1-8(2)13(3)20(17,18)14-6-4-10-9(5-7-19-10)11(14)12(15)16/h5,7-8,11H,4,6H2,1-3H3,(H,15,16). The quantitative estimate of drug-likeness (QED) is 0.908. The van der Waals surface area contributed by atoms with Crippen LogP contribution in [0.5, 0.6) is 0 Å². The van der Waals surface area contributed by atoms with Crippen LogP contribution in [-0.4, -0.2) is 47.7 Å². The molecule has 0 saturated heterocycles. The van der Waals surface area contributed by atoms with Gasteiger partial charge in [-0.1, -0.05) is 0 Å². The molecule has 0 aromatic carbocycles. The summed E-state index contributed by atoms with van der Waals surface area (Å²) in [6.07, 6.45) is 0.557. The molecule has 1 unspecified atom stereocenters. The maximum atomic E-state index is 12.6. The third kappa shape index (κ3) is 2.48. The molecule has 1 aliphatic rings. The first-order chi connectivity index (χ1) is 9.26. The number of fused-ring (bicyclic) bond motifs is 1. The Morgan fingerprint density at radius 3 is 2.75 bits per heavy atom. The van der Waals surface area contributed by atoms with Crippen molar-refractivity contribution >= 4 is 27.5 Å². The zero-order valence-electron chi connectivity index (χ0n) is 11.6. The van der Waals surface area contributed by atoms with Gasteiger partial charge >= 0.3 is 5.97 Å². The fraction of sp³-hybridized carbons (Fsp3) is 0.583. The Labute approximate surface area is 122 Å². The number of nitrogens with zero attached hydrogens (tertiary/aromatic N) is 2. The van der Waals surface area contributed by atoms with Gasteiger partial charge < -0.3 is 5.11 Å². The van der Waals surface area contributed by atoms with Gasteiger partial charge in [0.15, 0.2) is 0 Å². The van der Waals surface area contributed by atoms with Crippen LogP contribution in [-0.2, 0) is 21.4 Å². The molecule has 1 aromatic rings. The largest absolute Gasteiger partial charge is 0.480 e. The predicted molar refractivity (Wildman–Crippen MR) is 76.9 cm³/mol. The molecule has 0 radical (unpaired) electrons. The number of carbonyl (C=O) groups is 1. The van der Waals surface area contributed by atoms with E-state index in [4.69, 9.17) is 0 Å². The molecule has 20 heavy (non-hydrogen) atoms. The van der Waals surface area contributed by atoms with E-state index in [9.17, 15) is 18.3 Å². The van der Waals surface area contributed by atoms with Crippen LogP contribution in [0, 0.1) is 0 Å². The van der Waals surface area contributed by atoms with E-state index >= 15 is 0 Å². The third-order valence-electron chi connectivity index (χ3n) is 3.54. The Morgan fingerprint density at radius 2 is 2.20 bits per heavy atom. The molecule has 8 heteroatoms. The highest BCUT2D eigenvalue weighted by Crippen LogP contribution is 2.35.